The number of aliphatic hydroxyl groups is 1. The Morgan fingerprint density at radius 3 is 2.27 bits per heavy atom. The predicted molar refractivity (Wildman–Crippen MR) is 65.0 cm³/mol. The van der Waals surface area contributed by atoms with Crippen LogP contribution in [0.5, 0.6) is 0 Å². The molecule has 1 N–H and O–H groups in total. The Morgan fingerprint density at radius 2 is 1.80 bits per heavy atom. The molecule has 0 radical (unpaired) electrons. The third kappa shape index (κ3) is 7.80. The van der Waals surface area contributed by atoms with Crippen molar-refractivity contribution in [1.82, 2.24) is 0 Å². The van der Waals surface area contributed by atoms with Gasteiger partial charge in [-0.15, -0.1) is 0 Å². The van der Waals surface area contributed by atoms with Gasteiger partial charge in [0.15, 0.2) is 0 Å². The van der Waals surface area contributed by atoms with Gasteiger partial charge in [0.1, 0.15) is 0 Å². The summed E-state index contributed by atoms with van der Waals surface area (Å²) in [6.45, 7) is 9.75. The fraction of sp³-hybridized carbons (Fsp3) is 1.00. The van der Waals surface area contributed by atoms with Crippen molar-refractivity contribution >= 4 is 0 Å². The molecule has 2 unspecified atom stereocenters. The predicted octanol–water partition coefficient (Wildman–Crippen LogP) is 3.24. The molecule has 2 nitrogen and oxygen atoms in total. The molecule has 0 aliphatic heterocycles. The number of hydrogen-bond acceptors (Lipinski definition) is 2. The molecule has 0 heterocycles. The van der Waals surface area contributed by atoms with Crippen LogP contribution in [0.15, 0.2) is 0 Å². The van der Waals surface area contributed by atoms with Crippen LogP contribution in [0, 0.1) is 11.8 Å². The van der Waals surface area contributed by atoms with Gasteiger partial charge in [-0.1, -0.05) is 47.0 Å². The van der Waals surface area contributed by atoms with Gasteiger partial charge >= 0.3 is 0 Å². The molecule has 0 saturated heterocycles. The quantitative estimate of drug-likeness (QED) is 0.641. The van der Waals surface area contributed by atoms with E-state index in [1.165, 1.54) is 25.7 Å². The zero-order chi connectivity index (χ0) is 11.7. The standard InChI is InChI=1S/C13H28O2/c1-5-7-8-12(6-2)9-15-10-13(14)11(3)4/h11-14H,5-10H2,1-4H3. The summed E-state index contributed by atoms with van der Waals surface area (Å²) in [6.07, 6.45) is 4.66. The lowest BCUT2D eigenvalue weighted by atomic mass is 10.0. The number of hydrogen-bond donors (Lipinski definition) is 1. The maximum atomic E-state index is 9.56. The largest absolute Gasteiger partial charge is 0.390 e. The molecule has 0 bridgehead atoms. The first-order valence-corrected chi connectivity index (χ1v) is 6.37. The van der Waals surface area contributed by atoms with Crippen molar-refractivity contribution in [3.63, 3.8) is 0 Å². The lowest BCUT2D eigenvalue weighted by Crippen LogP contribution is -2.23. The monoisotopic (exact) mass is 216 g/mol. The summed E-state index contributed by atoms with van der Waals surface area (Å²) >= 11 is 0. The number of rotatable bonds is 9. The smallest absolute Gasteiger partial charge is 0.0796 e. The highest BCUT2D eigenvalue weighted by Crippen LogP contribution is 2.13. The molecule has 0 rings (SSSR count). The molecule has 0 aromatic heterocycles. The van der Waals surface area contributed by atoms with Gasteiger partial charge in [0, 0.05) is 6.61 Å². The topological polar surface area (TPSA) is 29.5 Å². The van der Waals surface area contributed by atoms with E-state index in [0.29, 0.717) is 18.4 Å². The maximum Gasteiger partial charge on any atom is 0.0796 e. The van der Waals surface area contributed by atoms with E-state index in [2.05, 4.69) is 13.8 Å². The van der Waals surface area contributed by atoms with Crippen LogP contribution in [-0.4, -0.2) is 24.4 Å². The van der Waals surface area contributed by atoms with Crippen molar-refractivity contribution < 1.29 is 9.84 Å². The van der Waals surface area contributed by atoms with Crippen LogP contribution < -0.4 is 0 Å². The molecule has 0 amide bonds. The van der Waals surface area contributed by atoms with Gasteiger partial charge in [0.2, 0.25) is 0 Å². The first kappa shape index (κ1) is 14.9. The average molecular weight is 216 g/mol. The highest BCUT2D eigenvalue weighted by Gasteiger charge is 2.11. The molecule has 2 heteroatoms. The Labute approximate surface area is 95.0 Å². The van der Waals surface area contributed by atoms with Gasteiger partial charge in [-0.05, 0) is 18.3 Å². The minimum absolute atomic E-state index is 0.292. The van der Waals surface area contributed by atoms with Gasteiger partial charge in [-0.25, -0.2) is 0 Å². The van der Waals surface area contributed by atoms with E-state index < -0.39 is 0 Å². The van der Waals surface area contributed by atoms with Crippen molar-refractivity contribution in [3.05, 3.63) is 0 Å². The summed E-state index contributed by atoms with van der Waals surface area (Å²) in [6, 6.07) is 0. The third-order valence-electron chi connectivity index (χ3n) is 2.95. The first-order valence-electron chi connectivity index (χ1n) is 6.37. The normalized spacial score (nSPS) is 15.6. The highest BCUT2D eigenvalue weighted by molar-refractivity contribution is 4.60. The van der Waals surface area contributed by atoms with E-state index in [-0.39, 0.29) is 6.10 Å². The number of aliphatic hydroxyl groups excluding tert-OH is 1. The third-order valence-corrected chi connectivity index (χ3v) is 2.95. The fourth-order valence-electron chi connectivity index (χ4n) is 1.45. The van der Waals surface area contributed by atoms with Crippen LogP contribution >= 0.6 is 0 Å². The summed E-state index contributed by atoms with van der Waals surface area (Å²) < 4.78 is 5.56. The summed E-state index contributed by atoms with van der Waals surface area (Å²) in [7, 11) is 0. The van der Waals surface area contributed by atoms with E-state index in [4.69, 9.17) is 4.74 Å². The molecule has 0 aliphatic carbocycles. The zero-order valence-electron chi connectivity index (χ0n) is 10.8. The minimum Gasteiger partial charge on any atom is -0.390 e. The van der Waals surface area contributed by atoms with Gasteiger partial charge in [0.05, 0.1) is 12.7 Å². The van der Waals surface area contributed by atoms with Crippen molar-refractivity contribution in [2.75, 3.05) is 13.2 Å². The van der Waals surface area contributed by atoms with Crippen LogP contribution in [0.25, 0.3) is 0 Å². The van der Waals surface area contributed by atoms with Crippen molar-refractivity contribution in [1.29, 1.82) is 0 Å². The van der Waals surface area contributed by atoms with E-state index >= 15 is 0 Å². The highest BCUT2D eigenvalue weighted by atomic mass is 16.5. The zero-order valence-corrected chi connectivity index (χ0v) is 10.8. The van der Waals surface area contributed by atoms with Gasteiger partial charge < -0.3 is 9.84 Å². The van der Waals surface area contributed by atoms with E-state index in [9.17, 15) is 5.11 Å². The average Bonchev–Trinajstić information content (AvgIpc) is 2.22. The second kappa shape index (κ2) is 9.17. The summed E-state index contributed by atoms with van der Waals surface area (Å²) in [4.78, 5) is 0. The van der Waals surface area contributed by atoms with Crippen LogP contribution in [0.3, 0.4) is 0 Å². The molecule has 0 fully saturated rings. The van der Waals surface area contributed by atoms with Crippen LogP contribution in [0.4, 0.5) is 0 Å². The molecule has 2 atom stereocenters. The van der Waals surface area contributed by atoms with Crippen molar-refractivity contribution in [2.45, 2.75) is 59.5 Å². The van der Waals surface area contributed by atoms with Gasteiger partial charge in [-0.2, -0.15) is 0 Å². The number of unbranched alkanes of at least 4 members (excludes halogenated alkanes) is 1. The molecule has 15 heavy (non-hydrogen) atoms. The first-order chi connectivity index (χ1) is 7.11. The molecule has 0 saturated carbocycles. The molecular formula is C13H28O2. The van der Waals surface area contributed by atoms with Crippen molar-refractivity contribution in [2.24, 2.45) is 11.8 Å². The van der Waals surface area contributed by atoms with Crippen LogP contribution in [0.2, 0.25) is 0 Å². The fourth-order valence-corrected chi connectivity index (χ4v) is 1.45. The van der Waals surface area contributed by atoms with Crippen LogP contribution in [0.1, 0.15) is 53.4 Å². The SMILES string of the molecule is CCCCC(CC)COCC(O)C(C)C. The minimum atomic E-state index is -0.311. The molecule has 0 aliphatic rings. The Hall–Kier alpha value is -0.0800. The molecule has 0 aromatic carbocycles. The second-order valence-corrected chi connectivity index (χ2v) is 4.77. The molecular weight excluding hydrogens is 188 g/mol. The van der Waals surface area contributed by atoms with Crippen molar-refractivity contribution in [3.8, 4) is 0 Å². The molecule has 0 aromatic rings. The maximum absolute atomic E-state index is 9.56. The van der Waals surface area contributed by atoms with Gasteiger partial charge in [-0.3, -0.25) is 0 Å². The second-order valence-electron chi connectivity index (χ2n) is 4.77. The molecule has 92 valence electrons. The Morgan fingerprint density at radius 1 is 1.13 bits per heavy atom. The Balaban J connectivity index is 3.53. The van der Waals surface area contributed by atoms with E-state index in [0.717, 1.165) is 6.61 Å². The molecule has 0 spiro atoms. The Kier molecular flexibility index (Phi) is 9.12. The lowest BCUT2D eigenvalue weighted by Gasteiger charge is -2.18. The number of ether oxygens (including phenoxy) is 1. The summed E-state index contributed by atoms with van der Waals surface area (Å²) in [5.74, 6) is 0.963. The van der Waals surface area contributed by atoms with Gasteiger partial charge in [0.25, 0.3) is 0 Å². The lowest BCUT2D eigenvalue weighted by molar-refractivity contribution is -0.000932. The van der Waals surface area contributed by atoms with E-state index in [1.54, 1.807) is 0 Å². The Bertz CT molecular complexity index is 134. The van der Waals surface area contributed by atoms with Crippen LogP contribution in [-0.2, 0) is 4.74 Å². The summed E-state index contributed by atoms with van der Waals surface area (Å²) in [5, 5.41) is 9.56. The van der Waals surface area contributed by atoms with E-state index in [1.807, 2.05) is 13.8 Å². The summed E-state index contributed by atoms with van der Waals surface area (Å²) in [5.41, 5.74) is 0.